The van der Waals surface area contributed by atoms with Crippen LogP contribution in [0.4, 0.5) is 11.4 Å². The van der Waals surface area contributed by atoms with Crippen molar-refractivity contribution in [3.63, 3.8) is 0 Å². The molecule has 0 amide bonds. The van der Waals surface area contributed by atoms with E-state index in [1.807, 2.05) is 13.0 Å². The highest BCUT2D eigenvalue weighted by atomic mass is 16.6. The summed E-state index contributed by atoms with van der Waals surface area (Å²) in [6.45, 7) is 10.8. The number of ether oxygens (including phenoxy) is 1. The lowest BCUT2D eigenvalue weighted by atomic mass is 9.99. The van der Waals surface area contributed by atoms with Gasteiger partial charge in [-0.05, 0) is 31.7 Å². The molecule has 0 unspecified atom stereocenters. The van der Waals surface area contributed by atoms with Crippen molar-refractivity contribution in [2.75, 3.05) is 50.8 Å². The average Bonchev–Trinajstić information content (AvgIpc) is 2.68. The number of rotatable bonds is 6. The summed E-state index contributed by atoms with van der Waals surface area (Å²) in [4.78, 5) is 16.0. The molecular weight excluding hydrogens is 332 g/mol. The Labute approximate surface area is 155 Å². The van der Waals surface area contributed by atoms with Crippen molar-refractivity contribution in [2.24, 2.45) is 0 Å². The molecule has 0 bridgehead atoms. The van der Waals surface area contributed by atoms with Crippen molar-refractivity contribution in [1.82, 2.24) is 10.2 Å². The highest BCUT2D eigenvalue weighted by molar-refractivity contribution is 5.64. The largest absolute Gasteiger partial charge is 0.487 e. The normalized spacial score (nSPS) is 19.5. The number of aryl methyl sites for hydroxylation is 1. The van der Waals surface area contributed by atoms with Gasteiger partial charge in [0, 0.05) is 63.1 Å². The van der Waals surface area contributed by atoms with Gasteiger partial charge in [-0.1, -0.05) is 6.92 Å². The predicted octanol–water partition coefficient (Wildman–Crippen LogP) is 2.43. The van der Waals surface area contributed by atoms with Gasteiger partial charge >= 0.3 is 5.69 Å². The Balaban J connectivity index is 1.76. The maximum Gasteiger partial charge on any atom is 0.311 e. The van der Waals surface area contributed by atoms with E-state index in [2.05, 4.69) is 22.0 Å². The molecule has 2 fully saturated rings. The van der Waals surface area contributed by atoms with Crippen molar-refractivity contribution in [2.45, 2.75) is 39.2 Å². The molecule has 2 saturated heterocycles. The van der Waals surface area contributed by atoms with Gasteiger partial charge in [-0.2, -0.15) is 0 Å². The van der Waals surface area contributed by atoms with E-state index in [0.29, 0.717) is 18.4 Å². The van der Waals surface area contributed by atoms with Crippen LogP contribution in [0.15, 0.2) is 12.1 Å². The van der Waals surface area contributed by atoms with Crippen LogP contribution in [0.3, 0.4) is 0 Å². The van der Waals surface area contributed by atoms with Crippen molar-refractivity contribution in [3.05, 3.63) is 27.8 Å². The van der Waals surface area contributed by atoms with Crippen LogP contribution in [0, 0.1) is 10.1 Å². The fraction of sp³-hybridized carbons (Fsp3) is 0.684. The molecule has 26 heavy (non-hydrogen) atoms. The van der Waals surface area contributed by atoms with Gasteiger partial charge in [-0.3, -0.25) is 15.0 Å². The van der Waals surface area contributed by atoms with Gasteiger partial charge in [-0.25, -0.2) is 0 Å². The molecule has 0 radical (unpaired) electrons. The van der Waals surface area contributed by atoms with Gasteiger partial charge in [0.2, 0.25) is 0 Å². The highest BCUT2D eigenvalue weighted by Gasteiger charge is 2.28. The van der Waals surface area contributed by atoms with Crippen LogP contribution in [-0.2, 0) is 6.42 Å². The fourth-order valence-corrected chi connectivity index (χ4v) is 4.11. The quantitative estimate of drug-likeness (QED) is 0.619. The Kier molecular flexibility index (Phi) is 6.32. The average molecular weight is 362 g/mol. The molecule has 144 valence electrons. The number of nitrogens with zero attached hydrogens (tertiary/aromatic N) is 3. The van der Waals surface area contributed by atoms with E-state index in [1.165, 1.54) is 0 Å². The van der Waals surface area contributed by atoms with E-state index in [4.69, 9.17) is 4.74 Å². The lowest BCUT2D eigenvalue weighted by Crippen LogP contribution is -2.52. The fourth-order valence-electron chi connectivity index (χ4n) is 4.11. The number of benzene rings is 1. The molecule has 2 heterocycles. The minimum atomic E-state index is -0.343. The van der Waals surface area contributed by atoms with E-state index < -0.39 is 0 Å². The minimum Gasteiger partial charge on any atom is -0.487 e. The van der Waals surface area contributed by atoms with Crippen molar-refractivity contribution < 1.29 is 9.66 Å². The monoisotopic (exact) mass is 362 g/mol. The smallest absolute Gasteiger partial charge is 0.311 e. The van der Waals surface area contributed by atoms with Crippen molar-refractivity contribution >= 4 is 11.4 Å². The Morgan fingerprint density at radius 2 is 1.88 bits per heavy atom. The molecule has 1 aromatic carbocycles. The third-order valence-electron chi connectivity index (χ3n) is 5.51. The molecule has 2 aliphatic rings. The van der Waals surface area contributed by atoms with Crippen LogP contribution >= 0.6 is 0 Å². The number of nitrogens with one attached hydrogen (secondary N) is 1. The van der Waals surface area contributed by atoms with Gasteiger partial charge in [0.1, 0.15) is 0 Å². The Morgan fingerprint density at radius 1 is 1.19 bits per heavy atom. The van der Waals surface area contributed by atoms with Crippen LogP contribution in [0.25, 0.3) is 0 Å². The van der Waals surface area contributed by atoms with E-state index in [-0.39, 0.29) is 10.6 Å². The van der Waals surface area contributed by atoms with Gasteiger partial charge < -0.3 is 15.0 Å². The SMILES string of the molecule is CCOc1cc(N2CCC(N3CCNCC3)CC2)c(CC)cc1[N+](=O)[O-]. The van der Waals surface area contributed by atoms with Crippen LogP contribution in [0.1, 0.15) is 32.3 Å². The summed E-state index contributed by atoms with van der Waals surface area (Å²) in [6.07, 6.45) is 3.06. The molecule has 1 aromatic rings. The lowest BCUT2D eigenvalue weighted by molar-refractivity contribution is -0.385. The standard InChI is InChI=1S/C19H30N4O3/c1-3-15-13-18(23(24)25)19(26-4-2)14-17(15)22-9-5-16(6-10-22)21-11-7-20-8-12-21/h13-14,16,20H,3-12H2,1-2H3. The summed E-state index contributed by atoms with van der Waals surface area (Å²) in [7, 11) is 0. The second-order valence-electron chi connectivity index (χ2n) is 7.00. The van der Waals surface area contributed by atoms with Crippen LogP contribution in [0.5, 0.6) is 5.75 Å². The first kappa shape index (κ1) is 18.9. The number of hydrogen-bond donors (Lipinski definition) is 1. The first-order valence-corrected chi connectivity index (χ1v) is 9.77. The van der Waals surface area contributed by atoms with Gasteiger partial charge in [0.05, 0.1) is 11.5 Å². The molecule has 0 aromatic heterocycles. The third kappa shape index (κ3) is 4.10. The van der Waals surface area contributed by atoms with Crippen molar-refractivity contribution in [1.29, 1.82) is 0 Å². The number of nitro benzene ring substituents is 1. The van der Waals surface area contributed by atoms with Crippen molar-refractivity contribution in [3.8, 4) is 5.75 Å². The zero-order valence-electron chi connectivity index (χ0n) is 15.9. The molecular formula is C19H30N4O3. The van der Waals surface area contributed by atoms with E-state index in [1.54, 1.807) is 6.07 Å². The number of nitro groups is 1. The topological polar surface area (TPSA) is 70.9 Å². The first-order chi connectivity index (χ1) is 12.6. The van der Waals surface area contributed by atoms with E-state index >= 15 is 0 Å². The molecule has 0 spiro atoms. The number of piperazine rings is 1. The summed E-state index contributed by atoms with van der Waals surface area (Å²) in [5.41, 5.74) is 2.20. The maximum absolute atomic E-state index is 11.4. The lowest BCUT2D eigenvalue weighted by Gasteiger charge is -2.41. The predicted molar refractivity (Wildman–Crippen MR) is 103 cm³/mol. The summed E-state index contributed by atoms with van der Waals surface area (Å²) < 4.78 is 5.56. The number of piperidine rings is 1. The second-order valence-corrected chi connectivity index (χ2v) is 7.00. The summed E-state index contributed by atoms with van der Waals surface area (Å²) in [5.74, 6) is 0.383. The molecule has 7 nitrogen and oxygen atoms in total. The summed E-state index contributed by atoms with van der Waals surface area (Å²) >= 11 is 0. The van der Waals surface area contributed by atoms with Gasteiger partial charge in [0.15, 0.2) is 5.75 Å². The molecule has 7 heteroatoms. The molecule has 0 saturated carbocycles. The summed E-state index contributed by atoms with van der Waals surface area (Å²) in [6, 6.07) is 4.23. The summed E-state index contributed by atoms with van der Waals surface area (Å²) in [5, 5.41) is 14.8. The Morgan fingerprint density at radius 3 is 2.46 bits per heavy atom. The first-order valence-electron chi connectivity index (χ1n) is 9.77. The van der Waals surface area contributed by atoms with Crippen LogP contribution in [-0.4, -0.2) is 61.7 Å². The Hall–Kier alpha value is -1.86. The van der Waals surface area contributed by atoms with E-state index in [9.17, 15) is 10.1 Å². The minimum absolute atomic E-state index is 0.0724. The van der Waals surface area contributed by atoms with Crippen LogP contribution in [0.2, 0.25) is 0 Å². The molecule has 0 aliphatic carbocycles. The van der Waals surface area contributed by atoms with Gasteiger partial charge in [-0.15, -0.1) is 0 Å². The zero-order valence-corrected chi connectivity index (χ0v) is 15.9. The molecule has 2 aliphatic heterocycles. The molecule has 1 N–H and O–H groups in total. The number of hydrogen-bond acceptors (Lipinski definition) is 6. The Bertz CT molecular complexity index is 623. The number of anilines is 1. The molecule has 3 rings (SSSR count). The van der Waals surface area contributed by atoms with E-state index in [0.717, 1.165) is 69.8 Å². The third-order valence-corrected chi connectivity index (χ3v) is 5.51. The molecule has 0 atom stereocenters. The van der Waals surface area contributed by atoms with Crippen LogP contribution < -0.4 is 15.0 Å². The maximum atomic E-state index is 11.4. The highest BCUT2D eigenvalue weighted by Crippen LogP contribution is 2.37. The second kappa shape index (κ2) is 8.68. The zero-order chi connectivity index (χ0) is 18.5. The van der Waals surface area contributed by atoms with Gasteiger partial charge in [0.25, 0.3) is 0 Å².